The van der Waals surface area contributed by atoms with Crippen LogP contribution in [-0.2, 0) is 4.79 Å². The van der Waals surface area contributed by atoms with Crippen molar-refractivity contribution in [3.8, 4) is 0 Å². The van der Waals surface area contributed by atoms with Crippen LogP contribution in [0.1, 0.15) is 84.5 Å². The Morgan fingerprint density at radius 1 is 0.882 bits per heavy atom. The molecule has 0 spiro atoms. The van der Waals surface area contributed by atoms with E-state index in [9.17, 15) is 4.79 Å². The summed E-state index contributed by atoms with van der Waals surface area (Å²) in [5.41, 5.74) is 0. The summed E-state index contributed by atoms with van der Waals surface area (Å²) in [7, 11) is 0. The van der Waals surface area contributed by atoms with Crippen LogP contribution >= 0.6 is 0 Å². The molecule has 2 unspecified atom stereocenters. The zero-order valence-corrected chi connectivity index (χ0v) is 11.8. The van der Waals surface area contributed by atoms with Crippen molar-refractivity contribution in [3.05, 3.63) is 0 Å². The summed E-state index contributed by atoms with van der Waals surface area (Å²) < 4.78 is 0. The predicted octanol–water partition coefficient (Wildman–Crippen LogP) is 5.13. The van der Waals surface area contributed by atoms with E-state index in [4.69, 9.17) is 0 Å². The van der Waals surface area contributed by atoms with Crippen LogP contribution in [0.5, 0.6) is 0 Å². The summed E-state index contributed by atoms with van der Waals surface area (Å²) in [6.45, 7) is 4.42. The minimum atomic E-state index is 0.364. The minimum absolute atomic E-state index is 0.364. The molecular weight excluding hydrogens is 208 g/mol. The third-order valence-electron chi connectivity index (χ3n) is 4.43. The van der Waals surface area contributed by atoms with E-state index in [1.165, 1.54) is 51.4 Å². The number of rotatable bonds is 2. The standard InChI is InChI=1S/C16H30O/c1-3-14-11-9-7-5-6-8-10-12-15(4-2)16(17)13-14/h14-15H,3-13H2,1-2H3. The molecular formula is C16H30O. The number of ketones is 1. The fraction of sp³-hybridized carbons (Fsp3) is 0.938. The SMILES string of the molecule is CCC1CCCCCCCCC(CC)C(=O)C1. The average molecular weight is 238 g/mol. The molecule has 0 N–H and O–H groups in total. The Hall–Kier alpha value is -0.330. The fourth-order valence-electron chi connectivity index (χ4n) is 3.03. The Kier molecular flexibility index (Phi) is 7.55. The van der Waals surface area contributed by atoms with Crippen molar-refractivity contribution < 1.29 is 4.79 Å². The van der Waals surface area contributed by atoms with Crippen LogP contribution in [0.4, 0.5) is 0 Å². The first-order valence-corrected chi connectivity index (χ1v) is 7.80. The van der Waals surface area contributed by atoms with Crippen molar-refractivity contribution >= 4 is 5.78 Å². The van der Waals surface area contributed by atoms with E-state index < -0.39 is 0 Å². The van der Waals surface area contributed by atoms with Crippen LogP contribution in [0.15, 0.2) is 0 Å². The van der Waals surface area contributed by atoms with Gasteiger partial charge < -0.3 is 0 Å². The second-order valence-corrected chi connectivity index (χ2v) is 5.75. The zero-order valence-electron chi connectivity index (χ0n) is 11.8. The monoisotopic (exact) mass is 238 g/mol. The lowest BCUT2D eigenvalue weighted by molar-refractivity contribution is -0.124. The lowest BCUT2D eigenvalue weighted by Crippen LogP contribution is -2.18. The lowest BCUT2D eigenvalue weighted by atomic mass is 9.85. The largest absolute Gasteiger partial charge is 0.299 e. The number of carbonyl (C=O) groups excluding carboxylic acids is 1. The Bertz CT molecular complexity index is 210. The molecule has 0 aliphatic heterocycles. The van der Waals surface area contributed by atoms with Crippen molar-refractivity contribution in [1.82, 2.24) is 0 Å². The van der Waals surface area contributed by atoms with E-state index in [0.717, 1.165) is 19.3 Å². The van der Waals surface area contributed by atoms with E-state index in [-0.39, 0.29) is 0 Å². The Morgan fingerprint density at radius 3 is 2.06 bits per heavy atom. The summed E-state index contributed by atoms with van der Waals surface area (Å²) in [5.74, 6) is 1.58. The Labute approximate surface area is 107 Å². The van der Waals surface area contributed by atoms with Gasteiger partial charge in [0.15, 0.2) is 0 Å². The topological polar surface area (TPSA) is 17.1 Å². The molecule has 1 saturated carbocycles. The summed E-state index contributed by atoms with van der Waals surface area (Å²) in [4.78, 5) is 12.2. The summed E-state index contributed by atoms with van der Waals surface area (Å²) in [5, 5.41) is 0. The normalized spacial score (nSPS) is 29.4. The van der Waals surface area contributed by atoms with E-state index in [2.05, 4.69) is 13.8 Å². The molecule has 1 aliphatic carbocycles. The molecule has 0 aromatic rings. The van der Waals surface area contributed by atoms with Gasteiger partial charge in [-0.25, -0.2) is 0 Å². The van der Waals surface area contributed by atoms with E-state index in [0.29, 0.717) is 17.6 Å². The molecule has 17 heavy (non-hydrogen) atoms. The average Bonchev–Trinajstić information content (AvgIpc) is 2.33. The quantitative estimate of drug-likeness (QED) is 0.651. The molecule has 0 aromatic heterocycles. The summed E-state index contributed by atoms with van der Waals surface area (Å²) >= 11 is 0. The van der Waals surface area contributed by atoms with Gasteiger partial charge in [-0.15, -0.1) is 0 Å². The van der Waals surface area contributed by atoms with Gasteiger partial charge in [-0.05, 0) is 18.8 Å². The Balaban J connectivity index is 2.51. The second kappa shape index (κ2) is 8.72. The van der Waals surface area contributed by atoms with Crippen molar-refractivity contribution in [3.63, 3.8) is 0 Å². The van der Waals surface area contributed by atoms with E-state index >= 15 is 0 Å². The summed E-state index contributed by atoms with van der Waals surface area (Å²) in [6, 6.07) is 0. The second-order valence-electron chi connectivity index (χ2n) is 5.75. The molecule has 1 nitrogen and oxygen atoms in total. The first kappa shape index (κ1) is 14.7. The van der Waals surface area contributed by atoms with Gasteiger partial charge in [0.1, 0.15) is 5.78 Å². The van der Waals surface area contributed by atoms with Crippen LogP contribution in [0.25, 0.3) is 0 Å². The number of hydrogen-bond acceptors (Lipinski definition) is 1. The Morgan fingerprint density at radius 2 is 1.47 bits per heavy atom. The lowest BCUT2D eigenvalue weighted by Gasteiger charge is -2.19. The summed E-state index contributed by atoms with van der Waals surface area (Å²) in [6.07, 6.45) is 13.6. The first-order chi connectivity index (χ1) is 8.27. The fourth-order valence-corrected chi connectivity index (χ4v) is 3.03. The highest BCUT2D eigenvalue weighted by atomic mass is 16.1. The molecule has 1 fully saturated rings. The van der Waals surface area contributed by atoms with Crippen molar-refractivity contribution in [2.24, 2.45) is 11.8 Å². The van der Waals surface area contributed by atoms with Crippen LogP contribution in [-0.4, -0.2) is 5.78 Å². The highest BCUT2D eigenvalue weighted by Crippen LogP contribution is 2.25. The van der Waals surface area contributed by atoms with Crippen LogP contribution in [0.2, 0.25) is 0 Å². The molecule has 0 saturated heterocycles. The maximum atomic E-state index is 12.2. The maximum absolute atomic E-state index is 12.2. The molecule has 0 heterocycles. The number of Topliss-reactive ketones (excluding diaryl/α,β-unsaturated/α-hetero) is 1. The molecule has 1 aliphatic rings. The van der Waals surface area contributed by atoms with E-state index in [1.807, 2.05) is 0 Å². The van der Waals surface area contributed by atoms with Crippen LogP contribution in [0.3, 0.4) is 0 Å². The third kappa shape index (κ3) is 5.70. The molecule has 0 aromatic carbocycles. The molecule has 2 atom stereocenters. The number of hydrogen-bond donors (Lipinski definition) is 0. The van der Waals surface area contributed by atoms with Crippen molar-refractivity contribution in [2.75, 3.05) is 0 Å². The third-order valence-corrected chi connectivity index (χ3v) is 4.43. The zero-order chi connectivity index (χ0) is 12.5. The van der Waals surface area contributed by atoms with Gasteiger partial charge in [0, 0.05) is 12.3 Å². The maximum Gasteiger partial charge on any atom is 0.136 e. The molecule has 0 bridgehead atoms. The van der Waals surface area contributed by atoms with Crippen LogP contribution in [0, 0.1) is 11.8 Å². The molecule has 0 radical (unpaired) electrons. The minimum Gasteiger partial charge on any atom is -0.299 e. The highest BCUT2D eigenvalue weighted by molar-refractivity contribution is 5.81. The molecule has 100 valence electrons. The first-order valence-electron chi connectivity index (χ1n) is 7.80. The smallest absolute Gasteiger partial charge is 0.136 e. The molecule has 1 heteroatoms. The van der Waals surface area contributed by atoms with Gasteiger partial charge in [-0.1, -0.05) is 65.2 Å². The van der Waals surface area contributed by atoms with Crippen molar-refractivity contribution in [2.45, 2.75) is 84.5 Å². The van der Waals surface area contributed by atoms with Gasteiger partial charge in [0.05, 0.1) is 0 Å². The van der Waals surface area contributed by atoms with Gasteiger partial charge in [-0.3, -0.25) is 4.79 Å². The van der Waals surface area contributed by atoms with Crippen LogP contribution < -0.4 is 0 Å². The van der Waals surface area contributed by atoms with Gasteiger partial charge >= 0.3 is 0 Å². The number of carbonyl (C=O) groups is 1. The molecule has 0 amide bonds. The predicted molar refractivity (Wildman–Crippen MR) is 74.1 cm³/mol. The molecule has 1 rings (SSSR count). The highest BCUT2D eigenvalue weighted by Gasteiger charge is 2.20. The van der Waals surface area contributed by atoms with Gasteiger partial charge in [0.2, 0.25) is 0 Å². The van der Waals surface area contributed by atoms with Gasteiger partial charge in [-0.2, -0.15) is 0 Å². The van der Waals surface area contributed by atoms with Gasteiger partial charge in [0.25, 0.3) is 0 Å². The van der Waals surface area contributed by atoms with Crippen molar-refractivity contribution in [1.29, 1.82) is 0 Å². The van der Waals surface area contributed by atoms with E-state index in [1.54, 1.807) is 0 Å².